The highest BCUT2D eigenvalue weighted by Crippen LogP contribution is 2.35. The second kappa shape index (κ2) is 3.65. The van der Waals surface area contributed by atoms with Gasteiger partial charge in [-0.2, -0.15) is 13.2 Å². The van der Waals surface area contributed by atoms with E-state index in [-0.39, 0.29) is 12.1 Å². The SMILES string of the molecule is C[C@@H](N)C1=CC(C(F)(F)F)CC(N)=C1. The van der Waals surface area contributed by atoms with Crippen LogP contribution in [-0.2, 0) is 0 Å². The minimum atomic E-state index is -4.24. The molecule has 0 aromatic rings. The van der Waals surface area contributed by atoms with Crippen LogP contribution >= 0.6 is 0 Å². The van der Waals surface area contributed by atoms with Gasteiger partial charge in [-0.05, 0) is 18.6 Å². The summed E-state index contributed by atoms with van der Waals surface area (Å²) in [5.41, 5.74) is 11.6. The maximum absolute atomic E-state index is 12.4. The Balaban J connectivity index is 2.91. The molecule has 0 heterocycles. The van der Waals surface area contributed by atoms with E-state index in [4.69, 9.17) is 11.5 Å². The lowest BCUT2D eigenvalue weighted by Gasteiger charge is -2.23. The molecule has 80 valence electrons. The molecule has 2 atom stereocenters. The highest BCUT2D eigenvalue weighted by Gasteiger charge is 2.39. The Labute approximate surface area is 80.5 Å². The summed E-state index contributed by atoms with van der Waals surface area (Å²) in [6, 6.07) is -0.418. The van der Waals surface area contributed by atoms with E-state index in [0.29, 0.717) is 5.57 Å². The fourth-order valence-corrected chi connectivity index (χ4v) is 1.36. The van der Waals surface area contributed by atoms with Gasteiger partial charge in [0.15, 0.2) is 0 Å². The minimum Gasteiger partial charge on any atom is -0.402 e. The first kappa shape index (κ1) is 11.1. The molecule has 1 rings (SSSR count). The van der Waals surface area contributed by atoms with E-state index in [1.807, 2.05) is 0 Å². The summed E-state index contributed by atoms with van der Waals surface area (Å²) in [7, 11) is 0. The lowest BCUT2D eigenvalue weighted by molar-refractivity contribution is -0.161. The Kier molecular flexibility index (Phi) is 2.89. The van der Waals surface area contributed by atoms with Crippen LogP contribution in [0.1, 0.15) is 13.3 Å². The smallest absolute Gasteiger partial charge is 0.395 e. The van der Waals surface area contributed by atoms with Crippen molar-refractivity contribution in [3.8, 4) is 0 Å². The zero-order chi connectivity index (χ0) is 10.9. The summed E-state index contributed by atoms with van der Waals surface area (Å²) in [5.74, 6) is -1.49. The summed E-state index contributed by atoms with van der Waals surface area (Å²) in [5, 5.41) is 0. The summed E-state index contributed by atoms with van der Waals surface area (Å²) in [6.07, 6.45) is -1.73. The lowest BCUT2D eigenvalue weighted by Crippen LogP contribution is -2.28. The molecular weight excluding hydrogens is 193 g/mol. The van der Waals surface area contributed by atoms with Crippen molar-refractivity contribution in [1.82, 2.24) is 0 Å². The standard InChI is InChI=1S/C9H13F3N2/c1-5(13)6-2-7(9(10,11)12)4-8(14)3-6/h2-3,5,7H,4,13-14H2,1H3/t5-,7?/m1/s1. The van der Waals surface area contributed by atoms with Crippen LogP contribution in [0.4, 0.5) is 13.2 Å². The number of halogens is 3. The van der Waals surface area contributed by atoms with Crippen LogP contribution in [0.5, 0.6) is 0 Å². The Bertz CT molecular complexity index is 276. The molecule has 2 nitrogen and oxygen atoms in total. The van der Waals surface area contributed by atoms with Gasteiger partial charge < -0.3 is 11.5 Å². The minimum absolute atomic E-state index is 0.167. The van der Waals surface area contributed by atoms with Gasteiger partial charge in [-0.15, -0.1) is 0 Å². The van der Waals surface area contributed by atoms with E-state index in [1.54, 1.807) is 6.92 Å². The average molecular weight is 206 g/mol. The van der Waals surface area contributed by atoms with Crippen LogP contribution < -0.4 is 11.5 Å². The van der Waals surface area contributed by atoms with Crippen LogP contribution in [0.3, 0.4) is 0 Å². The van der Waals surface area contributed by atoms with Gasteiger partial charge in [-0.25, -0.2) is 0 Å². The molecule has 5 heteroatoms. The molecule has 14 heavy (non-hydrogen) atoms. The third-order valence-corrected chi connectivity index (χ3v) is 2.15. The van der Waals surface area contributed by atoms with Gasteiger partial charge >= 0.3 is 6.18 Å². The van der Waals surface area contributed by atoms with Gasteiger partial charge in [0.2, 0.25) is 0 Å². The first-order valence-electron chi connectivity index (χ1n) is 4.30. The molecule has 0 bridgehead atoms. The second-order valence-corrected chi connectivity index (χ2v) is 3.53. The lowest BCUT2D eigenvalue weighted by atomic mass is 9.91. The highest BCUT2D eigenvalue weighted by atomic mass is 19.4. The summed E-state index contributed by atoms with van der Waals surface area (Å²) >= 11 is 0. The van der Waals surface area contributed by atoms with Crippen LogP contribution in [-0.4, -0.2) is 12.2 Å². The van der Waals surface area contributed by atoms with Gasteiger partial charge in [-0.1, -0.05) is 6.08 Å². The molecular formula is C9H13F3N2. The van der Waals surface area contributed by atoms with Crippen molar-refractivity contribution in [3.63, 3.8) is 0 Å². The van der Waals surface area contributed by atoms with Crippen molar-refractivity contribution < 1.29 is 13.2 Å². The number of allylic oxidation sites excluding steroid dienone is 2. The topological polar surface area (TPSA) is 52.0 Å². The molecule has 0 saturated heterocycles. The van der Waals surface area contributed by atoms with Crippen LogP contribution in [0.15, 0.2) is 23.4 Å². The number of hydrogen-bond donors (Lipinski definition) is 2. The third-order valence-electron chi connectivity index (χ3n) is 2.15. The maximum atomic E-state index is 12.4. The van der Waals surface area contributed by atoms with E-state index in [2.05, 4.69) is 0 Å². The van der Waals surface area contributed by atoms with Crippen molar-refractivity contribution in [2.75, 3.05) is 0 Å². The van der Waals surface area contributed by atoms with Gasteiger partial charge in [0.05, 0.1) is 5.92 Å². The van der Waals surface area contributed by atoms with Crippen molar-refractivity contribution in [1.29, 1.82) is 0 Å². The fraction of sp³-hybridized carbons (Fsp3) is 0.556. The quantitative estimate of drug-likeness (QED) is 0.685. The van der Waals surface area contributed by atoms with Crippen LogP contribution in [0.25, 0.3) is 0 Å². The Morgan fingerprint density at radius 2 is 2.07 bits per heavy atom. The molecule has 0 aromatic carbocycles. The van der Waals surface area contributed by atoms with Crippen molar-refractivity contribution in [3.05, 3.63) is 23.4 Å². The molecule has 0 aliphatic heterocycles. The second-order valence-electron chi connectivity index (χ2n) is 3.53. The van der Waals surface area contributed by atoms with Crippen molar-refractivity contribution in [2.24, 2.45) is 17.4 Å². The maximum Gasteiger partial charge on any atom is 0.395 e. The summed E-state index contributed by atoms with van der Waals surface area (Å²) in [6.45, 7) is 1.63. The van der Waals surface area contributed by atoms with E-state index in [1.165, 1.54) is 6.08 Å². The van der Waals surface area contributed by atoms with E-state index in [0.717, 1.165) is 6.08 Å². The Morgan fingerprint density at radius 1 is 1.50 bits per heavy atom. The van der Waals surface area contributed by atoms with Gasteiger partial charge in [0.1, 0.15) is 0 Å². The predicted octanol–water partition coefficient (Wildman–Crippen LogP) is 1.68. The molecule has 1 unspecified atom stereocenters. The molecule has 0 radical (unpaired) electrons. The summed E-state index contributed by atoms with van der Waals surface area (Å²) in [4.78, 5) is 0. The Hall–Kier alpha value is -0.970. The van der Waals surface area contributed by atoms with Gasteiger partial charge in [0, 0.05) is 18.2 Å². The predicted molar refractivity (Wildman–Crippen MR) is 48.2 cm³/mol. The molecule has 0 amide bonds. The largest absolute Gasteiger partial charge is 0.402 e. The average Bonchev–Trinajstić information content (AvgIpc) is 2.01. The van der Waals surface area contributed by atoms with Gasteiger partial charge in [0.25, 0.3) is 0 Å². The molecule has 1 aliphatic rings. The first-order valence-corrected chi connectivity index (χ1v) is 4.30. The van der Waals surface area contributed by atoms with Crippen molar-refractivity contribution >= 4 is 0 Å². The zero-order valence-electron chi connectivity index (χ0n) is 7.81. The van der Waals surface area contributed by atoms with Crippen LogP contribution in [0, 0.1) is 5.92 Å². The molecule has 0 fully saturated rings. The number of nitrogens with two attached hydrogens (primary N) is 2. The number of rotatable bonds is 1. The monoisotopic (exact) mass is 206 g/mol. The number of alkyl halides is 3. The van der Waals surface area contributed by atoms with E-state index in [9.17, 15) is 13.2 Å². The molecule has 4 N–H and O–H groups in total. The molecule has 0 spiro atoms. The fourth-order valence-electron chi connectivity index (χ4n) is 1.36. The third kappa shape index (κ3) is 2.51. The molecule has 0 saturated carbocycles. The summed E-state index contributed by atoms with van der Waals surface area (Å²) < 4.78 is 37.1. The van der Waals surface area contributed by atoms with Gasteiger partial charge in [-0.3, -0.25) is 0 Å². The first-order chi connectivity index (χ1) is 6.30. The zero-order valence-corrected chi connectivity index (χ0v) is 7.81. The highest BCUT2D eigenvalue weighted by molar-refractivity contribution is 5.32. The normalized spacial score (nSPS) is 25.4. The Morgan fingerprint density at radius 3 is 2.50 bits per heavy atom. The van der Waals surface area contributed by atoms with Crippen LogP contribution in [0.2, 0.25) is 0 Å². The molecule has 0 aromatic heterocycles. The molecule has 1 aliphatic carbocycles. The number of hydrogen-bond acceptors (Lipinski definition) is 2. The van der Waals surface area contributed by atoms with E-state index < -0.39 is 18.1 Å². The van der Waals surface area contributed by atoms with Crippen molar-refractivity contribution in [2.45, 2.75) is 25.6 Å². The van der Waals surface area contributed by atoms with E-state index >= 15 is 0 Å².